The molecule has 1 atom stereocenters. The Bertz CT molecular complexity index is 351. The van der Waals surface area contributed by atoms with E-state index in [0.29, 0.717) is 0 Å². The van der Waals surface area contributed by atoms with Gasteiger partial charge in [-0.2, -0.15) is 0 Å². The van der Waals surface area contributed by atoms with Gasteiger partial charge < -0.3 is 9.47 Å². The number of nitrogens with zero attached hydrogens (tertiary/aromatic N) is 1. The largest absolute Gasteiger partial charge is 0.510 e. The summed E-state index contributed by atoms with van der Waals surface area (Å²) in [5.74, 6) is 0. The maximum atomic E-state index is 11.4. The summed E-state index contributed by atoms with van der Waals surface area (Å²) in [5, 5.41) is 0. The van der Waals surface area contributed by atoms with E-state index in [-0.39, 0.29) is 18.2 Å². The molecule has 0 saturated heterocycles. The second kappa shape index (κ2) is 10.2. The van der Waals surface area contributed by atoms with Gasteiger partial charge in [0, 0.05) is 6.21 Å². The van der Waals surface area contributed by atoms with Crippen molar-refractivity contribution >= 4 is 12.4 Å². The van der Waals surface area contributed by atoms with Crippen LogP contribution in [-0.4, -0.2) is 25.2 Å². The zero-order valence-corrected chi connectivity index (χ0v) is 13.3. The van der Waals surface area contributed by atoms with E-state index >= 15 is 0 Å². The summed E-state index contributed by atoms with van der Waals surface area (Å²) >= 11 is 0. The van der Waals surface area contributed by atoms with Crippen LogP contribution in [0.2, 0.25) is 0 Å². The highest BCUT2D eigenvalue weighted by atomic mass is 16.7. The highest BCUT2D eigenvalue weighted by Crippen LogP contribution is 2.21. The normalized spacial score (nSPS) is 14.2. The van der Waals surface area contributed by atoms with Gasteiger partial charge in [0.05, 0.1) is 0 Å². The van der Waals surface area contributed by atoms with Crippen molar-refractivity contribution in [2.75, 3.05) is 6.73 Å². The number of hydrogen-bond acceptors (Lipinski definition) is 4. The summed E-state index contributed by atoms with van der Waals surface area (Å²) in [4.78, 5) is 15.3. The van der Waals surface area contributed by atoms with E-state index in [1.807, 2.05) is 39.8 Å². The van der Waals surface area contributed by atoms with Crippen molar-refractivity contribution in [2.24, 2.45) is 10.4 Å². The fourth-order valence-electron chi connectivity index (χ4n) is 1.03. The molecule has 0 bridgehead atoms. The van der Waals surface area contributed by atoms with Crippen molar-refractivity contribution in [3.05, 3.63) is 24.3 Å². The van der Waals surface area contributed by atoms with Crippen LogP contribution in [0, 0.1) is 5.41 Å². The zero-order valence-electron chi connectivity index (χ0n) is 13.3. The quantitative estimate of drug-likeness (QED) is 0.392. The molecule has 0 rings (SSSR count). The van der Waals surface area contributed by atoms with Crippen LogP contribution in [0.25, 0.3) is 0 Å². The van der Waals surface area contributed by atoms with Gasteiger partial charge in [-0.05, 0) is 31.3 Å². The lowest BCUT2D eigenvalue weighted by Gasteiger charge is -2.26. The summed E-state index contributed by atoms with van der Waals surface area (Å²) < 4.78 is 9.97. The Hall–Kier alpha value is -1.58. The standard InChI is InChI=1S/C16H27NO3/c1-6-7-8-9-10-11-12-17-13-19-15(18)20-14(2)16(3,4)5/h7-8,10-12,14H,6,9,13H2,1-5H3/b8-7-,11-10-,17-12?. The third kappa shape index (κ3) is 10.4. The Morgan fingerprint density at radius 2 is 1.95 bits per heavy atom. The molecule has 0 aliphatic carbocycles. The Kier molecular flexibility index (Phi) is 9.43. The Morgan fingerprint density at radius 1 is 1.25 bits per heavy atom. The third-order valence-corrected chi connectivity index (χ3v) is 2.75. The average Bonchev–Trinajstić information content (AvgIpc) is 2.35. The number of rotatable bonds is 7. The molecular formula is C16H27NO3. The minimum absolute atomic E-state index is 0.0230. The van der Waals surface area contributed by atoms with Crippen molar-refractivity contribution in [1.82, 2.24) is 0 Å². The molecule has 0 N–H and O–H groups in total. The molecule has 0 aromatic heterocycles. The Morgan fingerprint density at radius 3 is 2.55 bits per heavy atom. The molecule has 0 aromatic rings. The Balaban J connectivity index is 3.78. The molecule has 0 heterocycles. The molecule has 4 heteroatoms. The van der Waals surface area contributed by atoms with Gasteiger partial charge in [0.1, 0.15) is 6.10 Å². The third-order valence-electron chi connectivity index (χ3n) is 2.75. The van der Waals surface area contributed by atoms with Crippen LogP contribution in [0.15, 0.2) is 29.3 Å². The van der Waals surface area contributed by atoms with Crippen molar-refractivity contribution in [1.29, 1.82) is 0 Å². The topological polar surface area (TPSA) is 47.9 Å². The van der Waals surface area contributed by atoms with Gasteiger partial charge in [0.2, 0.25) is 0 Å². The number of carbonyl (C=O) groups excluding carboxylic acids is 1. The molecule has 0 aliphatic rings. The summed E-state index contributed by atoms with van der Waals surface area (Å²) in [5.41, 5.74) is -0.100. The smallest absolute Gasteiger partial charge is 0.431 e. The first-order chi connectivity index (χ1) is 9.38. The maximum absolute atomic E-state index is 11.4. The monoisotopic (exact) mass is 281 g/mol. The van der Waals surface area contributed by atoms with E-state index in [1.54, 1.807) is 6.21 Å². The van der Waals surface area contributed by atoms with Crippen LogP contribution in [-0.2, 0) is 9.47 Å². The van der Waals surface area contributed by atoms with Gasteiger partial charge in [-0.1, -0.05) is 45.9 Å². The van der Waals surface area contributed by atoms with Crippen LogP contribution in [0.3, 0.4) is 0 Å². The van der Waals surface area contributed by atoms with Crippen LogP contribution in [0.5, 0.6) is 0 Å². The van der Waals surface area contributed by atoms with Crippen molar-refractivity contribution in [3.8, 4) is 0 Å². The molecule has 0 fully saturated rings. The predicted molar refractivity (Wildman–Crippen MR) is 83.0 cm³/mol. The number of hydrogen-bond donors (Lipinski definition) is 0. The SMILES string of the molecule is CC/C=C\C/C=C\C=NCOC(=O)OC(C)C(C)(C)C. The second-order valence-corrected chi connectivity index (χ2v) is 5.52. The molecule has 0 aromatic carbocycles. The van der Waals surface area contributed by atoms with Crippen LogP contribution >= 0.6 is 0 Å². The van der Waals surface area contributed by atoms with Crippen molar-refractivity contribution in [2.45, 2.75) is 53.6 Å². The van der Waals surface area contributed by atoms with Gasteiger partial charge in [-0.25, -0.2) is 4.79 Å². The van der Waals surface area contributed by atoms with E-state index < -0.39 is 6.16 Å². The van der Waals surface area contributed by atoms with Gasteiger partial charge in [0.15, 0.2) is 6.73 Å². The molecule has 20 heavy (non-hydrogen) atoms. The highest BCUT2D eigenvalue weighted by Gasteiger charge is 2.24. The number of aliphatic imine (C=N–C) groups is 1. The lowest BCUT2D eigenvalue weighted by molar-refractivity contribution is -0.00719. The lowest BCUT2D eigenvalue weighted by Crippen LogP contribution is -2.29. The first-order valence-corrected chi connectivity index (χ1v) is 7.01. The summed E-state index contributed by atoms with van der Waals surface area (Å²) in [6.45, 7) is 9.92. The van der Waals surface area contributed by atoms with E-state index in [4.69, 9.17) is 9.47 Å². The predicted octanol–water partition coefficient (Wildman–Crippen LogP) is 4.52. The first kappa shape index (κ1) is 18.4. The van der Waals surface area contributed by atoms with E-state index in [9.17, 15) is 4.79 Å². The molecule has 114 valence electrons. The molecule has 4 nitrogen and oxygen atoms in total. The van der Waals surface area contributed by atoms with Gasteiger partial charge in [0.25, 0.3) is 0 Å². The fourth-order valence-corrected chi connectivity index (χ4v) is 1.03. The minimum atomic E-state index is -0.681. The van der Waals surface area contributed by atoms with Crippen molar-refractivity contribution in [3.63, 3.8) is 0 Å². The molecule has 0 spiro atoms. The summed E-state index contributed by atoms with van der Waals surface area (Å²) in [6.07, 6.45) is 10.7. The summed E-state index contributed by atoms with van der Waals surface area (Å²) in [6, 6.07) is 0. The lowest BCUT2D eigenvalue weighted by atomic mass is 9.90. The Labute approximate surface area is 122 Å². The average molecular weight is 281 g/mol. The fraction of sp³-hybridized carbons (Fsp3) is 0.625. The molecule has 0 amide bonds. The van der Waals surface area contributed by atoms with Crippen LogP contribution in [0.4, 0.5) is 4.79 Å². The number of carbonyl (C=O) groups is 1. The van der Waals surface area contributed by atoms with E-state index in [2.05, 4.69) is 24.1 Å². The van der Waals surface area contributed by atoms with Gasteiger partial charge >= 0.3 is 6.16 Å². The van der Waals surface area contributed by atoms with E-state index in [1.165, 1.54) is 0 Å². The molecule has 0 radical (unpaired) electrons. The molecule has 0 aliphatic heterocycles. The van der Waals surface area contributed by atoms with Crippen LogP contribution < -0.4 is 0 Å². The second-order valence-electron chi connectivity index (χ2n) is 5.52. The molecular weight excluding hydrogens is 254 g/mol. The summed E-state index contributed by atoms with van der Waals surface area (Å²) in [7, 11) is 0. The van der Waals surface area contributed by atoms with Gasteiger partial charge in [-0.3, -0.25) is 4.99 Å². The minimum Gasteiger partial charge on any atom is -0.431 e. The number of ether oxygens (including phenoxy) is 2. The van der Waals surface area contributed by atoms with Crippen molar-refractivity contribution < 1.29 is 14.3 Å². The number of allylic oxidation sites excluding steroid dienone is 4. The first-order valence-electron chi connectivity index (χ1n) is 7.01. The zero-order chi connectivity index (χ0) is 15.4. The van der Waals surface area contributed by atoms with E-state index in [0.717, 1.165) is 12.8 Å². The van der Waals surface area contributed by atoms with Gasteiger partial charge in [-0.15, -0.1) is 0 Å². The molecule has 0 saturated carbocycles. The highest BCUT2D eigenvalue weighted by molar-refractivity contribution is 5.71. The maximum Gasteiger partial charge on any atom is 0.510 e. The van der Waals surface area contributed by atoms with Crippen LogP contribution in [0.1, 0.15) is 47.5 Å². The molecule has 1 unspecified atom stereocenters.